The van der Waals surface area contributed by atoms with Gasteiger partial charge in [-0.15, -0.1) is 11.3 Å². The van der Waals surface area contributed by atoms with Crippen molar-refractivity contribution >= 4 is 34.5 Å². The number of thiazole rings is 1. The van der Waals surface area contributed by atoms with Gasteiger partial charge in [0.1, 0.15) is 5.69 Å². The van der Waals surface area contributed by atoms with Crippen LogP contribution in [-0.4, -0.2) is 15.9 Å². The third-order valence-electron chi connectivity index (χ3n) is 2.94. The maximum atomic E-state index is 12.1. The van der Waals surface area contributed by atoms with Crippen LogP contribution in [0.5, 0.6) is 0 Å². The number of anilines is 1. The molecule has 3 aromatic rings. The van der Waals surface area contributed by atoms with Crippen molar-refractivity contribution in [3.05, 3.63) is 75.5 Å². The van der Waals surface area contributed by atoms with Crippen LogP contribution in [0, 0.1) is 0 Å². The van der Waals surface area contributed by atoms with Gasteiger partial charge in [0.05, 0.1) is 5.01 Å². The summed E-state index contributed by atoms with van der Waals surface area (Å²) in [4.78, 5) is 20.8. The van der Waals surface area contributed by atoms with Crippen LogP contribution in [0.3, 0.4) is 0 Å². The second kappa shape index (κ2) is 6.68. The number of carbonyl (C=O) groups is 1. The first-order chi connectivity index (χ1) is 10.7. The largest absolute Gasteiger partial charge is 0.321 e. The number of rotatable bonds is 4. The van der Waals surface area contributed by atoms with E-state index in [0.717, 1.165) is 10.7 Å². The Labute approximate surface area is 136 Å². The van der Waals surface area contributed by atoms with E-state index >= 15 is 0 Å². The van der Waals surface area contributed by atoms with Crippen molar-refractivity contribution in [3.8, 4) is 0 Å². The van der Waals surface area contributed by atoms with Crippen molar-refractivity contribution in [3.63, 3.8) is 0 Å². The maximum Gasteiger partial charge on any atom is 0.275 e. The van der Waals surface area contributed by atoms with Gasteiger partial charge < -0.3 is 5.32 Å². The molecule has 0 aliphatic rings. The van der Waals surface area contributed by atoms with Gasteiger partial charge in [-0.2, -0.15) is 0 Å². The smallest absolute Gasteiger partial charge is 0.275 e. The van der Waals surface area contributed by atoms with Crippen LogP contribution in [0.15, 0.2) is 54.0 Å². The molecule has 4 nitrogen and oxygen atoms in total. The molecule has 1 N–H and O–H groups in total. The molecule has 0 unspecified atom stereocenters. The highest BCUT2D eigenvalue weighted by Crippen LogP contribution is 2.17. The minimum atomic E-state index is -0.231. The molecule has 0 radical (unpaired) electrons. The number of amides is 1. The van der Waals surface area contributed by atoms with Crippen LogP contribution in [0.1, 0.15) is 21.2 Å². The monoisotopic (exact) mass is 329 g/mol. The Bertz CT molecular complexity index is 772. The summed E-state index contributed by atoms with van der Waals surface area (Å²) in [6.45, 7) is 0. The lowest BCUT2D eigenvalue weighted by Gasteiger charge is -2.02. The molecule has 0 aliphatic carbocycles. The van der Waals surface area contributed by atoms with E-state index in [1.54, 1.807) is 35.8 Å². The van der Waals surface area contributed by atoms with Gasteiger partial charge in [-0.1, -0.05) is 17.7 Å². The Morgan fingerprint density at radius 1 is 1.18 bits per heavy atom. The summed E-state index contributed by atoms with van der Waals surface area (Å²) in [7, 11) is 0. The van der Waals surface area contributed by atoms with E-state index in [9.17, 15) is 4.79 Å². The molecular formula is C16H12ClN3OS. The highest BCUT2D eigenvalue weighted by atomic mass is 35.5. The fraction of sp³-hybridized carbons (Fsp3) is 0.0625. The van der Waals surface area contributed by atoms with Crippen LogP contribution in [0.4, 0.5) is 5.69 Å². The van der Waals surface area contributed by atoms with Crippen molar-refractivity contribution < 1.29 is 4.79 Å². The molecule has 3 rings (SSSR count). The first-order valence-corrected chi connectivity index (χ1v) is 7.88. The second-order valence-electron chi connectivity index (χ2n) is 4.59. The lowest BCUT2D eigenvalue weighted by molar-refractivity contribution is 0.102. The van der Waals surface area contributed by atoms with Gasteiger partial charge in [0.15, 0.2) is 0 Å². The third-order valence-corrected chi connectivity index (χ3v) is 4.05. The highest BCUT2D eigenvalue weighted by molar-refractivity contribution is 7.09. The lowest BCUT2D eigenvalue weighted by atomic mass is 10.3. The van der Waals surface area contributed by atoms with Gasteiger partial charge >= 0.3 is 0 Å². The van der Waals surface area contributed by atoms with Gasteiger partial charge in [-0.05, 0) is 36.4 Å². The normalized spacial score (nSPS) is 10.4. The Morgan fingerprint density at radius 2 is 2.00 bits per heavy atom. The summed E-state index contributed by atoms with van der Waals surface area (Å²) in [5.74, 6) is -0.231. The van der Waals surface area contributed by atoms with Crippen LogP contribution in [0.2, 0.25) is 5.02 Å². The average molecular weight is 330 g/mol. The quantitative estimate of drug-likeness (QED) is 0.786. The molecule has 0 aliphatic heterocycles. The Balaban J connectivity index is 1.67. The molecule has 0 bridgehead atoms. The molecule has 0 saturated carbocycles. The summed E-state index contributed by atoms with van der Waals surface area (Å²) >= 11 is 7.27. The van der Waals surface area contributed by atoms with Gasteiger partial charge in [-0.25, -0.2) is 4.98 Å². The summed E-state index contributed by atoms with van der Waals surface area (Å²) in [5.41, 5.74) is 2.03. The molecule has 1 aromatic carbocycles. The van der Waals surface area contributed by atoms with Gasteiger partial charge in [0.25, 0.3) is 5.91 Å². The fourth-order valence-electron chi connectivity index (χ4n) is 1.88. The van der Waals surface area contributed by atoms with Gasteiger partial charge in [0, 0.05) is 34.4 Å². The molecule has 110 valence electrons. The van der Waals surface area contributed by atoms with Crippen LogP contribution >= 0.6 is 22.9 Å². The van der Waals surface area contributed by atoms with Crippen LogP contribution < -0.4 is 5.32 Å². The van der Waals surface area contributed by atoms with Crippen molar-refractivity contribution in [2.24, 2.45) is 0 Å². The SMILES string of the molecule is O=C(Nc1ccc(Cl)cc1)c1csc(Cc2ccccn2)n1. The average Bonchev–Trinajstić information content (AvgIpc) is 2.99. The van der Waals surface area contributed by atoms with Crippen molar-refractivity contribution in [2.75, 3.05) is 5.32 Å². The van der Waals surface area contributed by atoms with Gasteiger partial charge in [0.2, 0.25) is 0 Å². The van der Waals surface area contributed by atoms with E-state index in [1.165, 1.54) is 11.3 Å². The van der Waals surface area contributed by atoms with E-state index in [4.69, 9.17) is 11.6 Å². The molecule has 2 aromatic heterocycles. The van der Waals surface area contributed by atoms with Crippen molar-refractivity contribution in [1.29, 1.82) is 0 Å². The molecule has 6 heteroatoms. The number of hydrogen-bond donors (Lipinski definition) is 1. The molecule has 0 atom stereocenters. The molecule has 0 saturated heterocycles. The summed E-state index contributed by atoms with van der Waals surface area (Å²) in [5, 5.41) is 6.04. The number of halogens is 1. The van der Waals surface area contributed by atoms with E-state index in [1.807, 2.05) is 18.2 Å². The third kappa shape index (κ3) is 3.69. The lowest BCUT2D eigenvalue weighted by Crippen LogP contribution is -2.12. The number of hydrogen-bond acceptors (Lipinski definition) is 4. The first kappa shape index (κ1) is 14.7. The molecule has 2 heterocycles. The molecule has 0 spiro atoms. The molecule has 22 heavy (non-hydrogen) atoms. The summed E-state index contributed by atoms with van der Waals surface area (Å²) < 4.78 is 0. The minimum Gasteiger partial charge on any atom is -0.321 e. The first-order valence-electron chi connectivity index (χ1n) is 6.62. The zero-order valence-corrected chi connectivity index (χ0v) is 13.1. The topological polar surface area (TPSA) is 54.9 Å². The second-order valence-corrected chi connectivity index (χ2v) is 5.96. The summed E-state index contributed by atoms with van der Waals surface area (Å²) in [6, 6.07) is 12.7. The number of nitrogens with one attached hydrogen (secondary N) is 1. The zero-order valence-electron chi connectivity index (χ0n) is 11.5. The van der Waals surface area contributed by atoms with E-state index in [2.05, 4.69) is 15.3 Å². The number of nitrogens with zero attached hydrogens (tertiary/aromatic N) is 2. The summed E-state index contributed by atoms with van der Waals surface area (Å²) in [6.07, 6.45) is 2.37. The number of carbonyl (C=O) groups excluding carboxylic acids is 1. The minimum absolute atomic E-state index is 0.231. The number of aromatic nitrogens is 2. The van der Waals surface area contributed by atoms with Crippen LogP contribution in [-0.2, 0) is 6.42 Å². The number of pyridine rings is 1. The van der Waals surface area contributed by atoms with Crippen molar-refractivity contribution in [1.82, 2.24) is 9.97 Å². The Hall–Kier alpha value is -2.24. The fourth-order valence-corrected chi connectivity index (χ4v) is 2.80. The van der Waals surface area contributed by atoms with E-state index in [-0.39, 0.29) is 5.91 Å². The maximum absolute atomic E-state index is 12.1. The van der Waals surface area contributed by atoms with Gasteiger partial charge in [-0.3, -0.25) is 9.78 Å². The zero-order chi connectivity index (χ0) is 15.4. The Kier molecular flexibility index (Phi) is 4.46. The molecule has 0 fully saturated rings. The standard InChI is InChI=1S/C16H12ClN3OS/c17-11-4-6-12(7-5-11)19-16(21)14-10-22-15(20-14)9-13-3-1-2-8-18-13/h1-8,10H,9H2,(H,19,21). The van der Waals surface area contributed by atoms with E-state index < -0.39 is 0 Å². The molecule has 1 amide bonds. The van der Waals surface area contributed by atoms with Crippen LogP contribution in [0.25, 0.3) is 0 Å². The highest BCUT2D eigenvalue weighted by Gasteiger charge is 2.11. The Morgan fingerprint density at radius 3 is 2.73 bits per heavy atom. The predicted molar refractivity (Wildman–Crippen MR) is 88.6 cm³/mol. The predicted octanol–water partition coefficient (Wildman–Crippen LogP) is 4.03. The molecular weight excluding hydrogens is 318 g/mol. The number of benzene rings is 1. The van der Waals surface area contributed by atoms with Crippen molar-refractivity contribution in [2.45, 2.75) is 6.42 Å². The van der Waals surface area contributed by atoms with E-state index in [0.29, 0.717) is 22.8 Å².